The Labute approximate surface area is 132 Å². The van der Waals surface area contributed by atoms with E-state index in [-0.39, 0.29) is 0 Å². The monoisotopic (exact) mass is 293 g/mol. The van der Waals surface area contributed by atoms with Crippen LogP contribution in [-0.2, 0) is 0 Å². The molecule has 0 spiro atoms. The zero-order valence-electron chi connectivity index (χ0n) is 13.0. The van der Waals surface area contributed by atoms with E-state index in [1.165, 1.54) is 55.1 Å². The Morgan fingerprint density at radius 1 is 0.727 bits per heavy atom. The third-order valence-corrected chi connectivity index (χ3v) is 4.75. The normalized spacial score (nSPS) is 17.5. The fraction of sp³-hybridized carbons (Fsp3) is 0.368. The molecule has 4 rings (SSSR count). The minimum absolute atomic E-state index is 1.05. The van der Waals surface area contributed by atoms with Gasteiger partial charge in [-0.2, -0.15) is 0 Å². The minimum Gasteiger partial charge on any atom is -0.352 e. The lowest BCUT2D eigenvalue weighted by Crippen LogP contribution is -2.37. The van der Waals surface area contributed by atoms with Gasteiger partial charge in [0, 0.05) is 13.1 Å². The van der Waals surface area contributed by atoms with Crippen LogP contribution in [0, 0.1) is 0 Å². The second-order valence-electron chi connectivity index (χ2n) is 6.21. The first kappa shape index (κ1) is 13.6. The summed E-state index contributed by atoms with van der Waals surface area (Å²) in [4.78, 5) is 5.08. The van der Waals surface area contributed by atoms with E-state index in [0.29, 0.717) is 0 Å². The van der Waals surface area contributed by atoms with Crippen molar-refractivity contribution >= 4 is 22.7 Å². The van der Waals surface area contributed by atoms with E-state index in [1.54, 1.807) is 0 Å². The van der Waals surface area contributed by atoms with Gasteiger partial charge in [-0.25, -0.2) is 0 Å². The summed E-state index contributed by atoms with van der Waals surface area (Å²) in [5, 5.41) is 3.55. The maximum atomic E-state index is 3.55. The van der Waals surface area contributed by atoms with Crippen LogP contribution in [-0.4, -0.2) is 31.1 Å². The van der Waals surface area contributed by atoms with Gasteiger partial charge in [-0.1, -0.05) is 30.7 Å². The molecule has 0 aliphatic carbocycles. The lowest BCUT2D eigenvalue weighted by Gasteiger charge is -2.36. The average Bonchev–Trinajstić information content (AvgIpc) is 2.59. The van der Waals surface area contributed by atoms with E-state index in [9.17, 15) is 0 Å². The quantitative estimate of drug-likeness (QED) is 0.906. The van der Waals surface area contributed by atoms with Crippen molar-refractivity contribution in [2.24, 2.45) is 0 Å². The Bertz CT molecular complexity index is 601. The Kier molecular flexibility index (Phi) is 3.73. The van der Waals surface area contributed by atoms with Crippen molar-refractivity contribution in [2.45, 2.75) is 19.3 Å². The largest absolute Gasteiger partial charge is 0.352 e. The maximum Gasteiger partial charge on any atom is 0.0651 e. The van der Waals surface area contributed by atoms with Crippen LogP contribution in [0.4, 0.5) is 22.7 Å². The molecule has 0 atom stereocenters. The van der Waals surface area contributed by atoms with Crippen molar-refractivity contribution in [3.05, 3.63) is 48.5 Å². The van der Waals surface area contributed by atoms with E-state index in [2.05, 4.69) is 63.6 Å². The van der Waals surface area contributed by atoms with Crippen LogP contribution in [0.15, 0.2) is 48.5 Å². The highest BCUT2D eigenvalue weighted by atomic mass is 15.2. The Morgan fingerprint density at radius 2 is 1.32 bits per heavy atom. The van der Waals surface area contributed by atoms with Crippen LogP contribution >= 0.6 is 0 Å². The molecule has 2 aliphatic rings. The van der Waals surface area contributed by atoms with Crippen molar-refractivity contribution in [2.75, 3.05) is 36.4 Å². The smallest absolute Gasteiger partial charge is 0.0651 e. The van der Waals surface area contributed by atoms with Gasteiger partial charge < -0.3 is 15.1 Å². The first-order valence-corrected chi connectivity index (χ1v) is 8.37. The zero-order chi connectivity index (χ0) is 14.8. The molecule has 1 fully saturated rings. The summed E-state index contributed by atoms with van der Waals surface area (Å²) in [5.41, 5.74) is 5.00. The molecule has 2 heterocycles. The highest BCUT2D eigenvalue weighted by Crippen LogP contribution is 2.42. The third-order valence-electron chi connectivity index (χ3n) is 4.75. The van der Waals surface area contributed by atoms with Gasteiger partial charge in [0.1, 0.15) is 0 Å². The molecule has 3 heteroatoms. The molecule has 0 unspecified atom stereocenters. The van der Waals surface area contributed by atoms with E-state index in [1.807, 2.05) is 0 Å². The number of fused-ring (bicyclic) bond motifs is 2. The number of nitrogens with one attached hydrogen (secondary N) is 1. The summed E-state index contributed by atoms with van der Waals surface area (Å²) in [6, 6.07) is 17.2. The van der Waals surface area contributed by atoms with Crippen molar-refractivity contribution in [1.29, 1.82) is 0 Å². The standard InChI is InChI=1S/C19H23N3/c1-6-12-21(13-7-1)14-15-22-18-10-4-2-8-16(18)20-17-9-3-5-11-19(17)22/h2-5,8-11,20H,1,6-7,12-15H2. The summed E-state index contributed by atoms with van der Waals surface area (Å²) in [7, 11) is 0. The Balaban J connectivity index is 1.60. The lowest BCUT2D eigenvalue weighted by molar-refractivity contribution is 0.234. The molecule has 2 aliphatic heterocycles. The van der Waals surface area contributed by atoms with Crippen molar-refractivity contribution in [1.82, 2.24) is 4.90 Å². The number of hydrogen-bond donors (Lipinski definition) is 1. The highest BCUT2D eigenvalue weighted by Gasteiger charge is 2.22. The second kappa shape index (κ2) is 6.01. The lowest BCUT2D eigenvalue weighted by atomic mass is 10.1. The number of anilines is 4. The number of benzene rings is 2. The van der Waals surface area contributed by atoms with Gasteiger partial charge in [0.15, 0.2) is 0 Å². The summed E-state index contributed by atoms with van der Waals surface area (Å²) >= 11 is 0. The molecule has 0 bridgehead atoms. The van der Waals surface area contributed by atoms with Gasteiger partial charge in [0.2, 0.25) is 0 Å². The van der Waals surface area contributed by atoms with Crippen LogP contribution in [0.3, 0.4) is 0 Å². The molecule has 2 aromatic rings. The topological polar surface area (TPSA) is 18.5 Å². The zero-order valence-corrected chi connectivity index (χ0v) is 13.0. The summed E-state index contributed by atoms with van der Waals surface area (Å²) < 4.78 is 0. The predicted octanol–water partition coefficient (Wildman–Crippen LogP) is 4.37. The fourth-order valence-electron chi connectivity index (χ4n) is 3.57. The van der Waals surface area contributed by atoms with Gasteiger partial charge in [-0.3, -0.25) is 0 Å². The summed E-state index contributed by atoms with van der Waals surface area (Å²) in [5.74, 6) is 0. The van der Waals surface area contributed by atoms with Crippen LogP contribution in [0.5, 0.6) is 0 Å². The van der Waals surface area contributed by atoms with E-state index >= 15 is 0 Å². The van der Waals surface area contributed by atoms with Crippen molar-refractivity contribution < 1.29 is 0 Å². The molecule has 0 saturated carbocycles. The molecule has 0 amide bonds. The van der Waals surface area contributed by atoms with Crippen molar-refractivity contribution in [3.8, 4) is 0 Å². The van der Waals surface area contributed by atoms with Crippen LogP contribution in [0.1, 0.15) is 19.3 Å². The number of piperidine rings is 1. The molecular formula is C19H23N3. The molecule has 22 heavy (non-hydrogen) atoms. The van der Waals surface area contributed by atoms with Gasteiger partial charge in [-0.05, 0) is 50.2 Å². The van der Waals surface area contributed by atoms with Crippen molar-refractivity contribution in [3.63, 3.8) is 0 Å². The van der Waals surface area contributed by atoms with Crippen LogP contribution in [0.25, 0.3) is 0 Å². The second-order valence-corrected chi connectivity index (χ2v) is 6.21. The summed E-state index contributed by atoms with van der Waals surface area (Å²) in [6.45, 7) is 4.71. The molecule has 1 saturated heterocycles. The Hall–Kier alpha value is -2.00. The SMILES string of the molecule is c1ccc2c(c1)Nc1ccccc1N2CCN1CCCCC1. The van der Waals surface area contributed by atoms with Gasteiger partial charge in [0.25, 0.3) is 0 Å². The number of likely N-dealkylation sites (tertiary alicyclic amines) is 1. The maximum absolute atomic E-state index is 3.55. The predicted molar refractivity (Wildman–Crippen MR) is 93.5 cm³/mol. The first-order valence-electron chi connectivity index (χ1n) is 8.37. The summed E-state index contributed by atoms with van der Waals surface area (Å²) in [6.07, 6.45) is 4.11. The molecule has 0 radical (unpaired) electrons. The van der Waals surface area contributed by atoms with E-state index in [0.717, 1.165) is 13.1 Å². The number of hydrogen-bond acceptors (Lipinski definition) is 3. The average molecular weight is 293 g/mol. The molecule has 2 aromatic carbocycles. The first-order chi connectivity index (χ1) is 10.9. The van der Waals surface area contributed by atoms with Gasteiger partial charge in [0.05, 0.1) is 22.7 Å². The molecular weight excluding hydrogens is 270 g/mol. The fourth-order valence-corrected chi connectivity index (χ4v) is 3.57. The number of rotatable bonds is 3. The number of nitrogens with zero attached hydrogens (tertiary/aromatic N) is 2. The van der Waals surface area contributed by atoms with Gasteiger partial charge in [-0.15, -0.1) is 0 Å². The highest BCUT2D eigenvalue weighted by molar-refractivity contribution is 5.91. The molecule has 0 aromatic heterocycles. The molecule has 114 valence electrons. The third kappa shape index (κ3) is 2.57. The molecule has 1 N–H and O–H groups in total. The molecule has 3 nitrogen and oxygen atoms in total. The van der Waals surface area contributed by atoms with Crippen LogP contribution < -0.4 is 10.2 Å². The Morgan fingerprint density at radius 3 is 1.95 bits per heavy atom. The van der Waals surface area contributed by atoms with E-state index < -0.39 is 0 Å². The van der Waals surface area contributed by atoms with Crippen LogP contribution in [0.2, 0.25) is 0 Å². The van der Waals surface area contributed by atoms with Gasteiger partial charge >= 0.3 is 0 Å². The number of para-hydroxylation sites is 4. The minimum atomic E-state index is 1.05. The van der Waals surface area contributed by atoms with E-state index in [4.69, 9.17) is 0 Å².